The quantitative estimate of drug-likeness (QED) is 0.674. The number of guanidine groups is 1. The Morgan fingerprint density at radius 1 is 1.35 bits per heavy atom. The van der Waals surface area contributed by atoms with E-state index < -0.39 is 0 Å². The van der Waals surface area contributed by atoms with Crippen molar-refractivity contribution in [3.05, 3.63) is 59.3 Å². The monoisotopic (exact) mass is 273 g/mol. The number of halogens is 1. The van der Waals surface area contributed by atoms with Gasteiger partial charge in [0, 0.05) is 13.1 Å². The van der Waals surface area contributed by atoms with Crippen LogP contribution in [0.5, 0.6) is 0 Å². The van der Waals surface area contributed by atoms with Gasteiger partial charge in [0.2, 0.25) is 0 Å². The molecule has 0 unspecified atom stereocenters. The van der Waals surface area contributed by atoms with E-state index >= 15 is 0 Å². The number of hydrogen-bond donors (Lipinski definition) is 1. The van der Waals surface area contributed by atoms with Crippen LogP contribution >= 0.6 is 0 Å². The average Bonchev–Trinajstić information content (AvgIpc) is 2.97. The topological polar surface area (TPSA) is 54.8 Å². The minimum atomic E-state index is -0.184. The molecular weight excluding hydrogens is 257 g/mol. The molecule has 20 heavy (non-hydrogen) atoms. The molecule has 0 bridgehead atoms. The zero-order chi connectivity index (χ0) is 13.9. The van der Waals surface area contributed by atoms with E-state index in [4.69, 9.17) is 10.2 Å². The van der Waals surface area contributed by atoms with E-state index in [-0.39, 0.29) is 5.82 Å². The smallest absolute Gasteiger partial charge is 0.192 e. The second-order valence-corrected chi connectivity index (χ2v) is 4.84. The van der Waals surface area contributed by atoms with E-state index in [2.05, 4.69) is 4.99 Å². The fourth-order valence-electron chi connectivity index (χ4n) is 2.38. The molecule has 4 nitrogen and oxygen atoms in total. The molecule has 3 rings (SSSR count). The van der Waals surface area contributed by atoms with Crippen molar-refractivity contribution in [1.82, 2.24) is 4.90 Å². The maximum atomic E-state index is 13.2. The predicted molar refractivity (Wildman–Crippen MR) is 74.5 cm³/mol. The standard InChI is InChI=1S/C15H16FN3O/c16-13-4-3-12-10-19(6-5-11(12)8-13)15(17)18-9-14-2-1-7-20-14/h1-4,7-8H,5-6,9-10H2,(H2,17,18). The van der Waals surface area contributed by atoms with Gasteiger partial charge in [0.25, 0.3) is 0 Å². The Morgan fingerprint density at radius 2 is 2.25 bits per heavy atom. The number of fused-ring (bicyclic) bond motifs is 1. The number of furan rings is 1. The third-order valence-electron chi connectivity index (χ3n) is 3.48. The molecule has 0 atom stereocenters. The lowest BCUT2D eigenvalue weighted by Gasteiger charge is -2.29. The molecule has 1 aliphatic heterocycles. The van der Waals surface area contributed by atoms with Crippen molar-refractivity contribution >= 4 is 5.96 Å². The molecule has 1 aliphatic rings. The Hall–Kier alpha value is -2.30. The van der Waals surface area contributed by atoms with Gasteiger partial charge in [0.15, 0.2) is 5.96 Å². The normalized spacial score (nSPS) is 15.2. The summed E-state index contributed by atoms with van der Waals surface area (Å²) in [5.41, 5.74) is 8.17. The number of benzene rings is 1. The highest BCUT2D eigenvalue weighted by Crippen LogP contribution is 2.19. The molecule has 0 radical (unpaired) electrons. The van der Waals surface area contributed by atoms with Gasteiger partial charge < -0.3 is 15.1 Å². The first kappa shape index (κ1) is 12.7. The molecule has 2 N–H and O–H groups in total. The molecule has 0 spiro atoms. The second-order valence-electron chi connectivity index (χ2n) is 4.84. The van der Waals surface area contributed by atoms with E-state index in [0.717, 1.165) is 29.9 Å². The summed E-state index contributed by atoms with van der Waals surface area (Å²) in [6.07, 6.45) is 2.40. The van der Waals surface area contributed by atoms with Crippen molar-refractivity contribution in [2.45, 2.75) is 19.5 Å². The van der Waals surface area contributed by atoms with Gasteiger partial charge in [-0.1, -0.05) is 6.07 Å². The van der Waals surface area contributed by atoms with Gasteiger partial charge in [-0.3, -0.25) is 0 Å². The van der Waals surface area contributed by atoms with Crippen LogP contribution in [0, 0.1) is 5.82 Å². The molecule has 5 heteroatoms. The fourth-order valence-corrected chi connectivity index (χ4v) is 2.38. The first-order valence-corrected chi connectivity index (χ1v) is 6.57. The average molecular weight is 273 g/mol. The lowest BCUT2D eigenvalue weighted by Crippen LogP contribution is -2.40. The Morgan fingerprint density at radius 3 is 3.05 bits per heavy atom. The molecule has 104 valence electrons. The zero-order valence-electron chi connectivity index (χ0n) is 11.1. The number of hydrogen-bond acceptors (Lipinski definition) is 2. The molecule has 2 aromatic rings. The lowest BCUT2D eigenvalue weighted by atomic mass is 10.00. The van der Waals surface area contributed by atoms with Gasteiger partial charge >= 0.3 is 0 Å². The van der Waals surface area contributed by atoms with E-state index in [9.17, 15) is 4.39 Å². The van der Waals surface area contributed by atoms with Crippen LogP contribution in [0.3, 0.4) is 0 Å². The summed E-state index contributed by atoms with van der Waals surface area (Å²) in [6.45, 7) is 1.86. The molecule has 1 aromatic carbocycles. The van der Waals surface area contributed by atoms with Crippen LogP contribution in [0.15, 0.2) is 46.0 Å². The van der Waals surface area contributed by atoms with Gasteiger partial charge in [-0.25, -0.2) is 9.38 Å². The lowest BCUT2D eigenvalue weighted by molar-refractivity contribution is 0.385. The summed E-state index contributed by atoms with van der Waals surface area (Å²) >= 11 is 0. The fraction of sp³-hybridized carbons (Fsp3) is 0.267. The van der Waals surface area contributed by atoms with Crippen molar-refractivity contribution < 1.29 is 8.81 Å². The Kier molecular flexibility index (Phi) is 3.41. The third-order valence-corrected chi connectivity index (χ3v) is 3.48. The maximum absolute atomic E-state index is 13.2. The minimum absolute atomic E-state index is 0.184. The van der Waals surface area contributed by atoms with E-state index in [1.54, 1.807) is 12.3 Å². The van der Waals surface area contributed by atoms with Crippen molar-refractivity contribution in [3.8, 4) is 0 Å². The summed E-state index contributed by atoms with van der Waals surface area (Å²) in [5.74, 6) is 1.10. The van der Waals surface area contributed by atoms with Gasteiger partial charge in [-0.05, 0) is 41.8 Å². The van der Waals surface area contributed by atoms with Crippen molar-refractivity contribution in [2.75, 3.05) is 6.54 Å². The summed E-state index contributed by atoms with van der Waals surface area (Å²) in [5, 5.41) is 0. The van der Waals surface area contributed by atoms with Crippen LogP contribution in [0.1, 0.15) is 16.9 Å². The van der Waals surface area contributed by atoms with E-state index in [0.29, 0.717) is 19.0 Å². The highest BCUT2D eigenvalue weighted by molar-refractivity contribution is 5.78. The molecule has 0 saturated heterocycles. The molecular formula is C15H16FN3O. The summed E-state index contributed by atoms with van der Waals surface area (Å²) in [4.78, 5) is 6.34. The van der Waals surface area contributed by atoms with Crippen molar-refractivity contribution in [3.63, 3.8) is 0 Å². The predicted octanol–water partition coefficient (Wildman–Crippen LogP) is 2.29. The molecule has 0 aliphatic carbocycles. The summed E-state index contributed by atoms with van der Waals surface area (Å²) < 4.78 is 18.4. The van der Waals surface area contributed by atoms with Gasteiger partial charge in [-0.2, -0.15) is 0 Å². The summed E-state index contributed by atoms with van der Waals surface area (Å²) in [6, 6.07) is 8.59. The van der Waals surface area contributed by atoms with Crippen molar-refractivity contribution in [2.24, 2.45) is 10.7 Å². The van der Waals surface area contributed by atoms with Crippen molar-refractivity contribution in [1.29, 1.82) is 0 Å². The Balaban J connectivity index is 1.70. The van der Waals surface area contributed by atoms with Gasteiger partial charge in [0.1, 0.15) is 18.1 Å². The van der Waals surface area contributed by atoms with Crippen LogP contribution in [0.2, 0.25) is 0 Å². The van der Waals surface area contributed by atoms with Gasteiger partial charge in [0.05, 0.1) is 6.26 Å². The molecule has 2 heterocycles. The van der Waals surface area contributed by atoms with Crippen LogP contribution in [0.4, 0.5) is 4.39 Å². The number of rotatable bonds is 2. The largest absolute Gasteiger partial charge is 0.467 e. The molecule has 1 aromatic heterocycles. The molecule has 0 fully saturated rings. The van der Waals surface area contributed by atoms with E-state index in [1.807, 2.05) is 23.1 Å². The van der Waals surface area contributed by atoms with Crippen LogP contribution in [-0.2, 0) is 19.5 Å². The zero-order valence-corrected chi connectivity index (χ0v) is 11.1. The van der Waals surface area contributed by atoms with Crippen LogP contribution in [-0.4, -0.2) is 17.4 Å². The second kappa shape index (κ2) is 5.36. The number of nitrogens with two attached hydrogens (primary N) is 1. The highest BCUT2D eigenvalue weighted by Gasteiger charge is 2.18. The highest BCUT2D eigenvalue weighted by atomic mass is 19.1. The Bertz CT molecular complexity index is 622. The van der Waals surface area contributed by atoms with Gasteiger partial charge in [-0.15, -0.1) is 0 Å². The SMILES string of the molecule is NC(=NCc1ccco1)N1CCc2cc(F)ccc2C1. The third kappa shape index (κ3) is 2.66. The van der Waals surface area contributed by atoms with Crippen LogP contribution < -0.4 is 5.73 Å². The number of nitrogens with zero attached hydrogens (tertiary/aromatic N) is 2. The van der Waals surface area contributed by atoms with Crippen LogP contribution in [0.25, 0.3) is 0 Å². The minimum Gasteiger partial charge on any atom is -0.467 e. The first-order chi connectivity index (χ1) is 9.72. The summed E-state index contributed by atoms with van der Waals surface area (Å²) in [7, 11) is 0. The van der Waals surface area contributed by atoms with E-state index in [1.165, 1.54) is 6.07 Å². The molecule has 0 saturated carbocycles. The molecule has 0 amide bonds. The maximum Gasteiger partial charge on any atom is 0.192 e. The first-order valence-electron chi connectivity index (χ1n) is 6.57. The Labute approximate surface area is 116 Å². The number of aliphatic imine (C=N–C) groups is 1.